The molecule has 302 valence electrons. The minimum atomic E-state index is -0.991. The number of aliphatic hydroxyl groups excluding tert-OH is 3. The smallest absolute Gasteiger partial charge is 0.328 e. The van der Waals surface area contributed by atoms with Gasteiger partial charge < -0.3 is 51.0 Å². The lowest BCUT2D eigenvalue weighted by Gasteiger charge is -2.19. The van der Waals surface area contributed by atoms with E-state index in [1.54, 1.807) is 27.7 Å². The molecule has 0 aliphatic heterocycles. The van der Waals surface area contributed by atoms with Crippen LogP contribution in [0.4, 0.5) is 0 Å². The van der Waals surface area contributed by atoms with Gasteiger partial charge in [-0.2, -0.15) is 0 Å². The number of aliphatic carboxylic acids is 2. The van der Waals surface area contributed by atoms with Crippen LogP contribution in [0.2, 0.25) is 0 Å². The molecule has 3 amide bonds. The summed E-state index contributed by atoms with van der Waals surface area (Å²) in [7, 11) is 0. The number of esters is 2. The molecule has 51 heavy (non-hydrogen) atoms. The van der Waals surface area contributed by atoms with Crippen molar-refractivity contribution in [3.63, 3.8) is 0 Å². The topological polar surface area (TPSA) is 275 Å². The standard InChI is InChI=1S/C11H19NO5.C11H21NO4.C7H13NO3.C4H10O2.CH4/c1-7(2)10(12-8(3)13)11(16)17-6-4-5-9(14)15;1-8(2)10(12-9(3)14)11(15)16-7-5-4-6-13;1-4(2)6(7(10)11)8-5(3)9;5-3-1-2-4-6;/h7,10H,4-6H2,1-3H3,(H,12,13)(H,14,15);8,10,13H,4-7H2,1-3H3,(H,12,14);4,6H,1-3H3,(H,8,9)(H,10,11);5-6H,1-4H2;1H4/t2*10-;6-;;/m000../s1. The van der Waals surface area contributed by atoms with Crippen LogP contribution in [-0.2, 0) is 43.0 Å². The Labute approximate surface area is 303 Å². The maximum atomic E-state index is 11.6. The van der Waals surface area contributed by atoms with E-state index in [1.807, 2.05) is 13.8 Å². The molecule has 0 aliphatic rings. The molecule has 17 nitrogen and oxygen atoms in total. The molecule has 0 aliphatic carbocycles. The third-order valence-corrected chi connectivity index (χ3v) is 5.99. The van der Waals surface area contributed by atoms with Gasteiger partial charge in [-0.25, -0.2) is 14.4 Å². The fourth-order valence-electron chi connectivity index (χ4n) is 3.35. The second kappa shape index (κ2) is 36.0. The lowest BCUT2D eigenvalue weighted by Crippen LogP contribution is -2.44. The van der Waals surface area contributed by atoms with Gasteiger partial charge in [-0.3, -0.25) is 19.2 Å². The molecule has 0 unspecified atom stereocenters. The van der Waals surface area contributed by atoms with E-state index >= 15 is 0 Å². The number of carboxylic acid groups (broad SMARTS) is 2. The molecule has 0 aromatic carbocycles. The Morgan fingerprint density at radius 3 is 1.04 bits per heavy atom. The first-order chi connectivity index (χ1) is 23.2. The molecule has 0 bridgehead atoms. The molecule has 8 N–H and O–H groups in total. The number of hydrogen-bond donors (Lipinski definition) is 8. The van der Waals surface area contributed by atoms with Crippen LogP contribution in [0.5, 0.6) is 0 Å². The number of amides is 3. The van der Waals surface area contributed by atoms with Gasteiger partial charge in [0.25, 0.3) is 0 Å². The number of rotatable bonds is 20. The van der Waals surface area contributed by atoms with Crippen molar-refractivity contribution in [3.05, 3.63) is 0 Å². The predicted molar refractivity (Wildman–Crippen MR) is 190 cm³/mol. The Bertz CT molecular complexity index is 970. The van der Waals surface area contributed by atoms with E-state index in [0.717, 1.165) is 12.8 Å². The Balaban J connectivity index is -0.000000193. The normalized spacial score (nSPS) is 11.7. The summed E-state index contributed by atoms with van der Waals surface area (Å²) in [6.07, 6.45) is 2.91. The van der Waals surface area contributed by atoms with Crippen LogP contribution in [0, 0.1) is 17.8 Å². The second-order valence-corrected chi connectivity index (χ2v) is 12.0. The molecule has 0 rings (SSSR count). The molecular formula is C34H67N3O14. The Morgan fingerprint density at radius 1 is 0.510 bits per heavy atom. The predicted octanol–water partition coefficient (Wildman–Crippen LogP) is 1.64. The highest BCUT2D eigenvalue weighted by molar-refractivity contribution is 5.84. The van der Waals surface area contributed by atoms with E-state index in [4.69, 9.17) is 35.0 Å². The molecule has 0 heterocycles. The molecule has 17 heteroatoms. The fourth-order valence-corrected chi connectivity index (χ4v) is 3.35. The van der Waals surface area contributed by atoms with Gasteiger partial charge in [0, 0.05) is 47.0 Å². The molecule has 0 aromatic heterocycles. The van der Waals surface area contributed by atoms with Crippen molar-refractivity contribution in [3.8, 4) is 0 Å². The van der Waals surface area contributed by atoms with Gasteiger partial charge in [0.15, 0.2) is 0 Å². The van der Waals surface area contributed by atoms with Gasteiger partial charge in [0.1, 0.15) is 18.1 Å². The van der Waals surface area contributed by atoms with Crippen LogP contribution in [0.25, 0.3) is 0 Å². The van der Waals surface area contributed by atoms with Crippen LogP contribution in [0.15, 0.2) is 0 Å². The zero-order chi connectivity index (χ0) is 39.8. The Morgan fingerprint density at radius 2 is 0.804 bits per heavy atom. The third kappa shape index (κ3) is 38.8. The van der Waals surface area contributed by atoms with Gasteiger partial charge in [0.05, 0.1) is 13.2 Å². The van der Waals surface area contributed by atoms with Crippen molar-refractivity contribution in [2.45, 2.75) is 126 Å². The molecule has 0 aromatic rings. The van der Waals surface area contributed by atoms with Crippen molar-refractivity contribution in [1.82, 2.24) is 16.0 Å². The van der Waals surface area contributed by atoms with Crippen molar-refractivity contribution in [2.24, 2.45) is 17.8 Å². The fraction of sp³-hybridized carbons (Fsp3) is 0.794. The van der Waals surface area contributed by atoms with Crippen LogP contribution in [-0.4, -0.2) is 118 Å². The van der Waals surface area contributed by atoms with Crippen LogP contribution >= 0.6 is 0 Å². The zero-order valence-electron chi connectivity index (χ0n) is 31.2. The minimum Gasteiger partial charge on any atom is -0.481 e. The summed E-state index contributed by atoms with van der Waals surface area (Å²) < 4.78 is 9.90. The third-order valence-electron chi connectivity index (χ3n) is 5.99. The number of aliphatic hydroxyl groups is 3. The molecule has 3 atom stereocenters. The lowest BCUT2D eigenvalue weighted by molar-refractivity contribution is -0.150. The highest BCUT2D eigenvalue weighted by Gasteiger charge is 2.25. The molecule has 0 fully saturated rings. The highest BCUT2D eigenvalue weighted by atomic mass is 16.5. The summed E-state index contributed by atoms with van der Waals surface area (Å²) in [6.45, 7) is 15.6. The van der Waals surface area contributed by atoms with E-state index in [9.17, 15) is 33.6 Å². The summed E-state index contributed by atoms with van der Waals surface area (Å²) in [5.41, 5.74) is 0. The number of carbonyl (C=O) groups excluding carboxylic acids is 5. The van der Waals surface area contributed by atoms with E-state index in [0.29, 0.717) is 12.8 Å². The van der Waals surface area contributed by atoms with Gasteiger partial charge in [0.2, 0.25) is 17.7 Å². The van der Waals surface area contributed by atoms with Gasteiger partial charge >= 0.3 is 23.9 Å². The van der Waals surface area contributed by atoms with E-state index in [1.165, 1.54) is 20.8 Å². The van der Waals surface area contributed by atoms with Crippen molar-refractivity contribution >= 4 is 41.6 Å². The van der Waals surface area contributed by atoms with Crippen molar-refractivity contribution in [2.75, 3.05) is 33.0 Å². The monoisotopic (exact) mass is 741 g/mol. The SMILES string of the molecule is C.CC(=O)N[C@H](C(=O)O)C(C)C.CC(=O)N[C@H](C(=O)OCCCC(=O)O)C(C)C.CC(=O)N[C@H](C(=O)OCCCCO)C(C)C.OCCCCO. The van der Waals surface area contributed by atoms with E-state index in [-0.39, 0.29) is 88.8 Å². The maximum Gasteiger partial charge on any atom is 0.328 e. The molecule has 0 saturated carbocycles. The molecule has 0 saturated heterocycles. The molecule has 0 spiro atoms. The molecular weight excluding hydrogens is 674 g/mol. The minimum absolute atomic E-state index is 0. The quantitative estimate of drug-likeness (QED) is 0.0651. The Hall–Kier alpha value is -3.83. The average Bonchev–Trinajstić information content (AvgIpc) is 3.00. The number of carboxylic acids is 2. The zero-order valence-corrected chi connectivity index (χ0v) is 31.2. The molecule has 0 radical (unpaired) electrons. The van der Waals surface area contributed by atoms with E-state index < -0.39 is 42.0 Å². The van der Waals surface area contributed by atoms with Crippen LogP contribution in [0.1, 0.15) is 108 Å². The van der Waals surface area contributed by atoms with Crippen molar-refractivity contribution in [1.29, 1.82) is 0 Å². The van der Waals surface area contributed by atoms with Crippen LogP contribution < -0.4 is 16.0 Å². The first-order valence-electron chi connectivity index (χ1n) is 16.6. The number of hydrogen-bond acceptors (Lipinski definition) is 12. The average molecular weight is 742 g/mol. The second-order valence-electron chi connectivity index (χ2n) is 12.0. The number of carbonyl (C=O) groups is 7. The number of unbranched alkanes of at least 4 members (excludes halogenated alkanes) is 2. The maximum absolute atomic E-state index is 11.6. The highest BCUT2D eigenvalue weighted by Crippen LogP contribution is 2.06. The Kier molecular flexibility index (Phi) is 39.9. The summed E-state index contributed by atoms with van der Waals surface area (Å²) in [5.74, 6) is -3.89. The first-order valence-corrected chi connectivity index (χ1v) is 16.6. The van der Waals surface area contributed by atoms with Gasteiger partial charge in [-0.05, 0) is 49.9 Å². The van der Waals surface area contributed by atoms with Crippen LogP contribution in [0.3, 0.4) is 0 Å². The number of ether oxygens (including phenoxy) is 2. The van der Waals surface area contributed by atoms with Gasteiger partial charge in [-0.1, -0.05) is 49.0 Å². The largest absolute Gasteiger partial charge is 0.481 e. The van der Waals surface area contributed by atoms with Gasteiger partial charge in [-0.15, -0.1) is 0 Å². The summed E-state index contributed by atoms with van der Waals surface area (Å²) in [4.78, 5) is 76.1. The van der Waals surface area contributed by atoms with Crippen molar-refractivity contribution < 1.29 is 68.6 Å². The lowest BCUT2D eigenvalue weighted by atomic mass is 10.0. The summed E-state index contributed by atoms with van der Waals surface area (Å²) in [5, 5.41) is 49.1. The summed E-state index contributed by atoms with van der Waals surface area (Å²) >= 11 is 0. The number of nitrogens with one attached hydrogen (secondary N) is 3. The summed E-state index contributed by atoms with van der Waals surface area (Å²) in [6, 6.07) is -2.04. The first kappa shape index (κ1) is 56.5. The van der Waals surface area contributed by atoms with E-state index in [2.05, 4.69) is 16.0 Å².